The van der Waals surface area contributed by atoms with Crippen molar-refractivity contribution < 1.29 is 13.5 Å². The van der Waals surface area contributed by atoms with E-state index in [0.29, 0.717) is 25.0 Å². The first kappa shape index (κ1) is 15.0. The number of aromatic nitrogens is 2. The Hall–Kier alpha value is -0.920. The van der Waals surface area contributed by atoms with Crippen LogP contribution in [0.25, 0.3) is 0 Å². The van der Waals surface area contributed by atoms with Crippen LogP contribution in [-0.2, 0) is 16.6 Å². The van der Waals surface area contributed by atoms with Gasteiger partial charge in [-0.15, -0.1) is 0 Å². The van der Waals surface area contributed by atoms with Gasteiger partial charge in [-0.1, -0.05) is 12.8 Å². The second kappa shape index (κ2) is 5.70. The Morgan fingerprint density at radius 1 is 1.19 bits per heavy atom. The van der Waals surface area contributed by atoms with E-state index in [-0.39, 0.29) is 11.5 Å². The number of nitrogens with zero attached hydrogens (tertiary/aromatic N) is 3. The molecule has 1 saturated carbocycles. The van der Waals surface area contributed by atoms with Crippen molar-refractivity contribution >= 4 is 10.0 Å². The Labute approximate surface area is 125 Å². The lowest BCUT2D eigenvalue weighted by atomic mass is 9.78. The Bertz CT molecular complexity index is 580. The predicted octanol–water partition coefficient (Wildman–Crippen LogP) is 1.22. The minimum Gasteiger partial charge on any atom is -0.394 e. The molecule has 0 bridgehead atoms. The number of hydrogen-bond acceptors (Lipinski definition) is 4. The molecule has 21 heavy (non-hydrogen) atoms. The van der Waals surface area contributed by atoms with Crippen LogP contribution in [0.3, 0.4) is 0 Å². The van der Waals surface area contributed by atoms with Crippen molar-refractivity contribution in [2.45, 2.75) is 50.0 Å². The maximum atomic E-state index is 12.6. The molecule has 1 aliphatic heterocycles. The largest absolute Gasteiger partial charge is 0.394 e. The maximum absolute atomic E-state index is 12.6. The molecule has 1 aromatic rings. The molecule has 1 aromatic heterocycles. The van der Waals surface area contributed by atoms with Gasteiger partial charge in [0.1, 0.15) is 4.90 Å². The van der Waals surface area contributed by atoms with Crippen LogP contribution in [0, 0.1) is 5.41 Å². The van der Waals surface area contributed by atoms with Gasteiger partial charge >= 0.3 is 0 Å². The summed E-state index contributed by atoms with van der Waals surface area (Å²) in [5, 5.41) is 12.9. The highest BCUT2D eigenvalue weighted by atomic mass is 32.2. The zero-order valence-corrected chi connectivity index (χ0v) is 13.1. The van der Waals surface area contributed by atoms with Crippen LogP contribution < -0.4 is 0 Å². The molecule has 2 heterocycles. The molecule has 0 amide bonds. The Morgan fingerprint density at radius 2 is 1.86 bits per heavy atom. The van der Waals surface area contributed by atoms with Crippen molar-refractivity contribution in [3.63, 3.8) is 0 Å². The van der Waals surface area contributed by atoms with Gasteiger partial charge in [-0.05, 0) is 31.1 Å². The first-order valence-electron chi connectivity index (χ1n) is 7.69. The summed E-state index contributed by atoms with van der Waals surface area (Å²) in [5.41, 5.74) is 0.410. The predicted molar refractivity (Wildman–Crippen MR) is 78.2 cm³/mol. The zero-order valence-electron chi connectivity index (χ0n) is 12.2. The van der Waals surface area contributed by atoms with E-state index in [2.05, 4.69) is 5.10 Å². The Kier molecular flexibility index (Phi) is 4.07. The minimum absolute atomic E-state index is 0.0482. The minimum atomic E-state index is -3.44. The summed E-state index contributed by atoms with van der Waals surface area (Å²) in [7, 11) is -3.44. The summed E-state index contributed by atoms with van der Waals surface area (Å²) in [6.45, 7) is 1.51. The van der Waals surface area contributed by atoms with Crippen molar-refractivity contribution in [1.29, 1.82) is 0 Å². The van der Waals surface area contributed by atoms with E-state index in [1.54, 1.807) is 4.31 Å². The van der Waals surface area contributed by atoms with E-state index in [1.165, 1.54) is 42.8 Å². The highest BCUT2D eigenvalue weighted by Crippen LogP contribution is 2.46. The molecule has 0 radical (unpaired) electrons. The fourth-order valence-corrected chi connectivity index (χ4v) is 5.07. The molecule has 1 saturated heterocycles. The molecule has 6 nitrogen and oxygen atoms in total. The van der Waals surface area contributed by atoms with Crippen LogP contribution in [0.4, 0.5) is 0 Å². The lowest BCUT2D eigenvalue weighted by Crippen LogP contribution is -2.42. The van der Waals surface area contributed by atoms with Crippen LogP contribution >= 0.6 is 0 Å². The molecule has 3 rings (SSSR count). The summed E-state index contributed by atoms with van der Waals surface area (Å²) in [6.07, 6.45) is 9.95. The van der Waals surface area contributed by atoms with E-state index >= 15 is 0 Å². The molecule has 7 heteroatoms. The summed E-state index contributed by atoms with van der Waals surface area (Å²) in [6, 6.07) is 0. The van der Waals surface area contributed by atoms with Gasteiger partial charge in [0.15, 0.2) is 0 Å². The van der Waals surface area contributed by atoms with Crippen molar-refractivity contribution in [2.75, 3.05) is 19.7 Å². The number of aliphatic hydroxyl groups is 1. The number of hydrogen-bond donors (Lipinski definition) is 1. The third-order valence-corrected chi connectivity index (χ3v) is 6.88. The second-order valence-electron chi connectivity index (χ2n) is 6.27. The highest BCUT2D eigenvalue weighted by Gasteiger charge is 2.40. The zero-order chi connectivity index (χ0) is 14.9. The second-order valence-corrected chi connectivity index (χ2v) is 8.21. The average molecular weight is 313 g/mol. The normalized spacial score (nSPS) is 22.9. The summed E-state index contributed by atoms with van der Waals surface area (Å²) in [4.78, 5) is 0.235. The van der Waals surface area contributed by atoms with Gasteiger partial charge in [0.05, 0.1) is 19.3 Å². The number of rotatable bonds is 4. The molecule has 1 spiro atoms. The van der Waals surface area contributed by atoms with E-state index in [4.69, 9.17) is 5.11 Å². The number of sulfonamides is 1. The van der Waals surface area contributed by atoms with Crippen LogP contribution in [-0.4, -0.2) is 47.3 Å². The SMILES string of the molecule is O=S(=O)(c1cnn(CCO)c1)N1CCC2(CCCC2)CC1. The van der Waals surface area contributed by atoms with Crippen LogP contribution in [0.1, 0.15) is 38.5 Å². The molecule has 118 valence electrons. The highest BCUT2D eigenvalue weighted by molar-refractivity contribution is 7.89. The summed E-state index contributed by atoms with van der Waals surface area (Å²) < 4.78 is 28.3. The lowest BCUT2D eigenvalue weighted by molar-refractivity contribution is 0.160. The van der Waals surface area contributed by atoms with Gasteiger partial charge in [0.2, 0.25) is 10.0 Å². The van der Waals surface area contributed by atoms with E-state index in [1.807, 2.05) is 0 Å². The quantitative estimate of drug-likeness (QED) is 0.907. The fraction of sp³-hybridized carbons (Fsp3) is 0.786. The molecule has 1 N–H and O–H groups in total. The third kappa shape index (κ3) is 2.86. The van der Waals surface area contributed by atoms with Crippen molar-refractivity contribution in [3.8, 4) is 0 Å². The molecule has 0 unspecified atom stereocenters. The van der Waals surface area contributed by atoms with Crippen LogP contribution in [0.15, 0.2) is 17.3 Å². The van der Waals surface area contributed by atoms with Gasteiger partial charge in [-0.2, -0.15) is 9.40 Å². The summed E-state index contributed by atoms with van der Waals surface area (Å²) in [5.74, 6) is 0. The van der Waals surface area contributed by atoms with Gasteiger partial charge in [0, 0.05) is 19.3 Å². The summed E-state index contributed by atoms with van der Waals surface area (Å²) >= 11 is 0. The first-order chi connectivity index (χ1) is 10.1. The van der Waals surface area contributed by atoms with Crippen LogP contribution in [0.2, 0.25) is 0 Å². The molecule has 1 aliphatic carbocycles. The number of aliphatic hydroxyl groups excluding tert-OH is 1. The van der Waals surface area contributed by atoms with Gasteiger partial charge in [-0.25, -0.2) is 8.42 Å². The van der Waals surface area contributed by atoms with Crippen molar-refractivity contribution in [1.82, 2.24) is 14.1 Å². The lowest BCUT2D eigenvalue weighted by Gasteiger charge is -2.38. The molecule has 0 atom stereocenters. The Morgan fingerprint density at radius 3 is 2.48 bits per heavy atom. The van der Waals surface area contributed by atoms with E-state index in [9.17, 15) is 8.42 Å². The molecular formula is C14H23N3O3S. The first-order valence-corrected chi connectivity index (χ1v) is 9.13. The Balaban J connectivity index is 1.70. The maximum Gasteiger partial charge on any atom is 0.246 e. The fourth-order valence-electron chi connectivity index (χ4n) is 3.68. The topological polar surface area (TPSA) is 75.4 Å². The molecular weight excluding hydrogens is 290 g/mol. The van der Waals surface area contributed by atoms with Crippen molar-refractivity contribution in [2.24, 2.45) is 5.41 Å². The number of piperidine rings is 1. The average Bonchev–Trinajstić information content (AvgIpc) is 3.10. The molecule has 0 aromatic carbocycles. The molecule has 2 aliphatic rings. The van der Waals surface area contributed by atoms with Crippen LogP contribution in [0.5, 0.6) is 0 Å². The molecule has 2 fully saturated rings. The van der Waals surface area contributed by atoms with E-state index in [0.717, 1.165) is 12.8 Å². The van der Waals surface area contributed by atoms with Gasteiger partial charge < -0.3 is 5.11 Å². The van der Waals surface area contributed by atoms with Gasteiger partial charge in [0.25, 0.3) is 0 Å². The van der Waals surface area contributed by atoms with Gasteiger partial charge in [-0.3, -0.25) is 4.68 Å². The smallest absolute Gasteiger partial charge is 0.246 e. The third-order valence-electron chi connectivity index (χ3n) is 5.02. The standard InChI is InChI=1S/C14H23N3O3S/c18-10-9-16-12-13(11-15-16)21(19,20)17-7-5-14(6-8-17)3-1-2-4-14/h11-12,18H,1-10H2. The van der Waals surface area contributed by atoms with Crippen molar-refractivity contribution in [3.05, 3.63) is 12.4 Å². The monoisotopic (exact) mass is 313 g/mol. The van der Waals surface area contributed by atoms with E-state index < -0.39 is 10.0 Å².